The van der Waals surface area contributed by atoms with Crippen molar-refractivity contribution in [2.45, 2.75) is 12.0 Å². The predicted octanol–water partition coefficient (Wildman–Crippen LogP) is 2.09. The molecule has 1 aromatic heterocycles. The van der Waals surface area contributed by atoms with Crippen LogP contribution in [0.1, 0.15) is 16.7 Å². The number of benzene rings is 1. The van der Waals surface area contributed by atoms with Gasteiger partial charge in [-0.25, -0.2) is 4.68 Å². The van der Waals surface area contributed by atoms with Gasteiger partial charge in [-0.3, -0.25) is 0 Å². The molecule has 1 aromatic carbocycles. The van der Waals surface area contributed by atoms with Crippen LogP contribution in [0.3, 0.4) is 0 Å². The Bertz CT molecular complexity index is 480. The van der Waals surface area contributed by atoms with Gasteiger partial charge >= 0.3 is 0 Å². The van der Waals surface area contributed by atoms with Gasteiger partial charge in [0.2, 0.25) is 0 Å². The standard InChI is InChI=1S/C12H13N3OS/c1-2-4-10(5-3-1)8-15-9-11(13-14-15)12-16-6-7-17-12/h1-5,9,12H,6-8H2/t12-/m0/s1. The van der Waals surface area contributed by atoms with Crippen molar-refractivity contribution in [2.24, 2.45) is 0 Å². The smallest absolute Gasteiger partial charge is 0.148 e. The van der Waals surface area contributed by atoms with Crippen LogP contribution in [-0.4, -0.2) is 27.4 Å². The lowest BCUT2D eigenvalue weighted by atomic mass is 10.2. The summed E-state index contributed by atoms with van der Waals surface area (Å²) >= 11 is 1.78. The molecule has 2 heterocycles. The molecule has 3 rings (SSSR count). The first-order chi connectivity index (χ1) is 8.42. The van der Waals surface area contributed by atoms with Crippen LogP contribution >= 0.6 is 11.8 Å². The van der Waals surface area contributed by atoms with E-state index in [-0.39, 0.29) is 5.44 Å². The van der Waals surface area contributed by atoms with Crippen molar-refractivity contribution >= 4 is 11.8 Å². The van der Waals surface area contributed by atoms with E-state index in [0.29, 0.717) is 0 Å². The van der Waals surface area contributed by atoms with Crippen molar-refractivity contribution in [3.8, 4) is 0 Å². The fraction of sp³-hybridized carbons (Fsp3) is 0.333. The molecule has 0 spiro atoms. The molecule has 0 bridgehead atoms. The second-order valence-corrected chi connectivity index (χ2v) is 5.07. The van der Waals surface area contributed by atoms with E-state index in [2.05, 4.69) is 22.4 Å². The van der Waals surface area contributed by atoms with E-state index < -0.39 is 0 Å². The van der Waals surface area contributed by atoms with E-state index in [0.717, 1.165) is 24.6 Å². The van der Waals surface area contributed by atoms with E-state index in [1.807, 2.05) is 29.1 Å². The summed E-state index contributed by atoms with van der Waals surface area (Å²) in [6.07, 6.45) is 1.97. The highest BCUT2D eigenvalue weighted by Crippen LogP contribution is 2.33. The summed E-state index contributed by atoms with van der Waals surface area (Å²) in [6, 6.07) is 10.2. The Labute approximate surface area is 104 Å². The lowest BCUT2D eigenvalue weighted by Gasteiger charge is -2.02. The largest absolute Gasteiger partial charge is 0.360 e. The van der Waals surface area contributed by atoms with Crippen molar-refractivity contribution in [1.29, 1.82) is 0 Å². The highest BCUT2D eigenvalue weighted by molar-refractivity contribution is 7.99. The fourth-order valence-corrected chi connectivity index (χ4v) is 2.68. The summed E-state index contributed by atoms with van der Waals surface area (Å²) < 4.78 is 7.40. The Balaban J connectivity index is 1.72. The molecule has 1 fully saturated rings. The lowest BCUT2D eigenvalue weighted by molar-refractivity contribution is 0.142. The molecule has 88 valence electrons. The van der Waals surface area contributed by atoms with Gasteiger partial charge in [0.25, 0.3) is 0 Å². The molecule has 0 N–H and O–H groups in total. The third kappa shape index (κ3) is 2.50. The number of hydrogen-bond acceptors (Lipinski definition) is 4. The third-order valence-electron chi connectivity index (χ3n) is 2.61. The van der Waals surface area contributed by atoms with Gasteiger partial charge in [0, 0.05) is 5.75 Å². The zero-order chi connectivity index (χ0) is 11.5. The first-order valence-corrected chi connectivity index (χ1v) is 6.64. The normalized spacial score (nSPS) is 19.6. The lowest BCUT2D eigenvalue weighted by Crippen LogP contribution is -1.99. The van der Waals surface area contributed by atoms with Gasteiger partial charge in [0.05, 0.1) is 19.3 Å². The van der Waals surface area contributed by atoms with E-state index in [4.69, 9.17) is 4.74 Å². The number of aromatic nitrogens is 3. The van der Waals surface area contributed by atoms with Gasteiger partial charge in [0.1, 0.15) is 11.1 Å². The Morgan fingerprint density at radius 2 is 2.24 bits per heavy atom. The zero-order valence-corrected chi connectivity index (χ0v) is 10.1. The van der Waals surface area contributed by atoms with Gasteiger partial charge in [-0.05, 0) is 5.56 Å². The average Bonchev–Trinajstić information content (AvgIpc) is 3.00. The monoisotopic (exact) mass is 247 g/mol. The number of hydrogen-bond donors (Lipinski definition) is 0. The van der Waals surface area contributed by atoms with Crippen molar-refractivity contribution in [3.05, 3.63) is 47.8 Å². The fourth-order valence-electron chi connectivity index (χ4n) is 1.80. The first-order valence-electron chi connectivity index (χ1n) is 5.59. The molecule has 1 aliphatic rings. The van der Waals surface area contributed by atoms with Gasteiger partial charge < -0.3 is 4.74 Å². The quantitative estimate of drug-likeness (QED) is 0.832. The van der Waals surface area contributed by atoms with E-state index in [1.54, 1.807) is 11.8 Å². The number of thioether (sulfide) groups is 1. The molecule has 0 radical (unpaired) electrons. The van der Waals surface area contributed by atoms with Crippen LogP contribution in [0.4, 0.5) is 0 Å². The molecule has 0 saturated carbocycles. The average molecular weight is 247 g/mol. The highest BCUT2D eigenvalue weighted by Gasteiger charge is 2.21. The zero-order valence-electron chi connectivity index (χ0n) is 9.32. The predicted molar refractivity (Wildman–Crippen MR) is 66.7 cm³/mol. The summed E-state index contributed by atoms with van der Waals surface area (Å²) in [5.41, 5.74) is 2.21. The minimum Gasteiger partial charge on any atom is -0.360 e. The van der Waals surface area contributed by atoms with Crippen molar-refractivity contribution in [1.82, 2.24) is 15.0 Å². The molecular weight excluding hydrogens is 234 g/mol. The van der Waals surface area contributed by atoms with E-state index in [9.17, 15) is 0 Å². The minimum absolute atomic E-state index is 0.0690. The number of rotatable bonds is 3. The van der Waals surface area contributed by atoms with Gasteiger partial charge in [-0.15, -0.1) is 16.9 Å². The van der Waals surface area contributed by atoms with Crippen molar-refractivity contribution in [2.75, 3.05) is 12.4 Å². The molecule has 1 saturated heterocycles. The number of ether oxygens (including phenoxy) is 1. The third-order valence-corrected chi connectivity index (χ3v) is 3.69. The summed E-state index contributed by atoms with van der Waals surface area (Å²) in [7, 11) is 0. The Kier molecular flexibility index (Phi) is 3.11. The molecule has 2 aromatic rings. The molecule has 1 aliphatic heterocycles. The summed E-state index contributed by atoms with van der Waals surface area (Å²) in [4.78, 5) is 0. The Hall–Kier alpha value is -1.33. The molecular formula is C12H13N3OS. The van der Waals surface area contributed by atoms with Gasteiger partial charge in [0.15, 0.2) is 0 Å². The molecule has 0 amide bonds. The van der Waals surface area contributed by atoms with Gasteiger partial charge in [-0.2, -0.15) is 0 Å². The first kappa shape index (κ1) is 10.8. The summed E-state index contributed by atoms with van der Waals surface area (Å²) in [5, 5.41) is 8.29. The van der Waals surface area contributed by atoms with Gasteiger partial charge in [-0.1, -0.05) is 35.5 Å². The van der Waals surface area contributed by atoms with Crippen LogP contribution < -0.4 is 0 Å². The maximum absolute atomic E-state index is 5.55. The van der Waals surface area contributed by atoms with E-state index in [1.165, 1.54) is 5.56 Å². The molecule has 0 aliphatic carbocycles. The minimum atomic E-state index is 0.0690. The van der Waals surface area contributed by atoms with Crippen molar-refractivity contribution in [3.63, 3.8) is 0 Å². The molecule has 1 atom stereocenters. The molecule has 17 heavy (non-hydrogen) atoms. The molecule has 5 heteroatoms. The van der Waals surface area contributed by atoms with Crippen LogP contribution in [0.2, 0.25) is 0 Å². The van der Waals surface area contributed by atoms with Crippen LogP contribution in [0.15, 0.2) is 36.5 Å². The maximum atomic E-state index is 5.55. The van der Waals surface area contributed by atoms with E-state index >= 15 is 0 Å². The van der Waals surface area contributed by atoms with Crippen LogP contribution in [0, 0.1) is 0 Å². The Morgan fingerprint density at radius 3 is 3.00 bits per heavy atom. The summed E-state index contributed by atoms with van der Waals surface area (Å²) in [5.74, 6) is 1.04. The van der Waals surface area contributed by atoms with Crippen LogP contribution in [0.25, 0.3) is 0 Å². The van der Waals surface area contributed by atoms with Crippen LogP contribution in [0.5, 0.6) is 0 Å². The molecule has 0 unspecified atom stereocenters. The number of nitrogens with zero attached hydrogens (tertiary/aromatic N) is 3. The summed E-state index contributed by atoms with van der Waals surface area (Å²) in [6.45, 7) is 1.56. The van der Waals surface area contributed by atoms with Crippen LogP contribution in [-0.2, 0) is 11.3 Å². The Morgan fingerprint density at radius 1 is 1.35 bits per heavy atom. The highest BCUT2D eigenvalue weighted by atomic mass is 32.2. The second-order valence-electron chi connectivity index (χ2n) is 3.90. The topological polar surface area (TPSA) is 39.9 Å². The second kappa shape index (κ2) is 4.89. The van der Waals surface area contributed by atoms with Crippen molar-refractivity contribution < 1.29 is 4.74 Å². The maximum Gasteiger partial charge on any atom is 0.148 e. The SMILES string of the molecule is c1ccc(Cn2cc([C@H]3OCCS3)nn2)cc1. The molecule has 4 nitrogen and oxygen atoms in total.